The molecule has 0 saturated heterocycles. The minimum atomic E-state index is 0.0548. The van der Waals surface area contributed by atoms with Crippen molar-refractivity contribution in [2.24, 2.45) is 0 Å². The lowest BCUT2D eigenvalue weighted by Crippen LogP contribution is -2.12. The van der Waals surface area contributed by atoms with Crippen LogP contribution in [0.3, 0.4) is 0 Å². The van der Waals surface area contributed by atoms with E-state index in [1.54, 1.807) is 0 Å². The molecule has 0 radical (unpaired) electrons. The fourth-order valence-corrected chi connectivity index (χ4v) is 13.8. The predicted octanol–water partition coefficient (Wildman–Crippen LogP) is 23.1. The molecular weight excluding hydrogens is 1020 g/mol. The van der Waals surface area contributed by atoms with Gasteiger partial charge in [-0.15, -0.1) is 0 Å². The maximum absolute atomic E-state index is 2.57. The van der Waals surface area contributed by atoms with Gasteiger partial charge in [0.2, 0.25) is 0 Å². The Bertz CT molecular complexity index is 4680. The zero-order valence-electron chi connectivity index (χ0n) is 49.9. The Morgan fingerprint density at radius 2 is 0.667 bits per heavy atom. The molecule has 0 fully saturated rings. The van der Waals surface area contributed by atoms with Gasteiger partial charge in [0, 0.05) is 65.6 Å². The molecular formula is C80H70N4. The van der Waals surface area contributed by atoms with Crippen LogP contribution >= 0.6 is 0 Å². The molecule has 84 heavy (non-hydrogen) atoms. The summed E-state index contributed by atoms with van der Waals surface area (Å²) in [6, 6.07) is 87.7. The van der Waals surface area contributed by atoms with E-state index >= 15 is 0 Å². The van der Waals surface area contributed by atoms with Gasteiger partial charge in [0.15, 0.2) is 0 Å². The first kappa shape index (κ1) is 51.5. The highest BCUT2D eigenvalue weighted by atomic mass is 15.2. The van der Waals surface area contributed by atoms with Crippen molar-refractivity contribution in [3.05, 3.63) is 253 Å². The maximum Gasteiger partial charge on any atom is 0.0641 e. The van der Waals surface area contributed by atoms with Gasteiger partial charge in [-0.2, -0.15) is 0 Å². The minimum Gasteiger partial charge on any atom is -0.309 e. The molecule has 0 bridgehead atoms. The number of rotatable bonds is 10. The van der Waals surface area contributed by atoms with E-state index in [4.69, 9.17) is 0 Å². The molecule has 4 heterocycles. The second kappa shape index (κ2) is 19.1. The fraction of sp³-hybridized carbons (Fsp3) is 0.175. The summed E-state index contributed by atoms with van der Waals surface area (Å²) in [5.41, 5.74) is 24.4. The summed E-state index contributed by atoms with van der Waals surface area (Å²) < 4.78 is 5.14. The third-order valence-corrected chi connectivity index (χ3v) is 18.3. The molecule has 0 amide bonds. The van der Waals surface area contributed by atoms with Gasteiger partial charge in [0.05, 0.1) is 55.8 Å². The first-order valence-electron chi connectivity index (χ1n) is 30.1. The maximum atomic E-state index is 2.57. The van der Waals surface area contributed by atoms with Crippen LogP contribution in [0.15, 0.2) is 231 Å². The third-order valence-electron chi connectivity index (χ3n) is 18.3. The lowest BCUT2D eigenvalue weighted by atomic mass is 9.86. The molecule has 0 aliphatic carbocycles. The SMILES string of the molecule is CC(C)c1ccc(N(c2ccccc2-c2ccc(C(C)(C)C)cc2)c2ccc3c4cc5c(cc4n4c6ccccc6c2c34)c2ccc(N(c3ccc(C(C)C)cc3)c3ccccc3-c3ccc(C(C)(C)C)cc3)c3c4ccccc4n5c23)cc1. The molecule has 15 aromatic rings. The number of fused-ring (bicyclic) bond motifs is 12. The number of anilines is 6. The average Bonchev–Trinajstić information content (AvgIpc) is 1.94. The number of hydrogen-bond donors (Lipinski definition) is 0. The molecule has 410 valence electrons. The first-order valence-corrected chi connectivity index (χ1v) is 30.1. The largest absolute Gasteiger partial charge is 0.309 e. The normalized spacial score (nSPS) is 12.6. The molecule has 0 saturated carbocycles. The standard InChI is InChI=1S/C80H70N4/c1-49(2)51-31-39-57(40-32-51)81(67-23-15-11-19-59(67)53-27-35-55(36-28-53)79(5,6)7)71-45-43-61-65-47-74-66(48-73(65)83-69-25-17-13-21-63(69)75(71)77(61)83)62-44-46-72(76-64-22-14-18-26-70(64)84(74)78(62)76)82(58-41-33-52(34-42-58)50(3)4)68-24-16-12-20-60(68)54-29-37-56(38-30-54)80(8,9)10/h11-50H,1-10H3. The summed E-state index contributed by atoms with van der Waals surface area (Å²) >= 11 is 0. The molecule has 0 unspecified atom stereocenters. The van der Waals surface area contributed by atoms with Gasteiger partial charge < -0.3 is 18.6 Å². The second-order valence-electron chi connectivity index (χ2n) is 26.2. The van der Waals surface area contributed by atoms with Crippen LogP contribution in [-0.4, -0.2) is 8.80 Å². The average molecular weight is 1090 g/mol. The van der Waals surface area contributed by atoms with E-state index < -0.39 is 0 Å². The fourth-order valence-electron chi connectivity index (χ4n) is 13.8. The van der Waals surface area contributed by atoms with E-state index in [9.17, 15) is 0 Å². The van der Waals surface area contributed by atoms with Crippen molar-refractivity contribution in [3.8, 4) is 22.3 Å². The van der Waals surface area contributed by atoms with Crippen molar-refractivity contribution in [1.29, 1.82) is 0 Å². The summed E-state index contributed by atoms with van der Waals surface area (Å²) in [5, 5.41) is 9.95. The van der Waals surface area contributed by atoms with E-state index in [-0.39, 0.29) is 10.8 Å². The van der Waals surface area contributed by atoms with Crippen molar-refractivity contribution in [1.82, 2.24) is 8.80 Å². The number of benzene rings is 11. The van der Waals surface area contributed by atoms with Gasteiger partial charge in [0.25, 0.3) is 0 Å². The van der Waals surface area contributed by atoms with Gasteiger partial charge in [-0.1, -0.05) is 227 Å². The van der Waals surface area contributed by atoms with Gasteiger partial charge >= 0.3 is 0 Å². The van der Waals surface area contributed by atoms with Gasteiger partial charge in [-0.05, 0) is 129 Å². The second-order valence-corrected chi connectivity index (χ2v) is 26.2. The Morgan fingerprint density at radius 1 is 0.310 bits per heavy atom. The van der Waals surface area contributed by atoms with Crippen molar-refractivity contribution >= 4 is 110 Å². The molecule has 0 aliphatic heterocycles. The number of nitrogens with zero attached hydrogens (tertiary/aromatic N) is 4. The van der Waals surface area contributed by atoms with E-state index in [1.165, 1.54) is 121 Å². The monoisotopic (exact) mass is 1090 g/mol. The van der Waals surface area contributed by atoms with E-state index in [0.29, 0.717) is 11.8 Å². The molecule has 11 aromatic carbocycles. The van der Waals surface area contributed by atoms with E-state index in [2.05, 4.69) is 318 Å². The van der Waals surface area contributed by atoms with Gasteiger partial charge in [-0.25, -0.2) is 0 Å². The Labute approximate surface area is 493 Å². The highest BCUT2D eigenvalue weighted by Crippen LogP contribution is 2.53. The lowest BCUT2D eigenvalue weighted by Gasteiger charge is -2.29. The summed E-state index contributed by atoms with van der Waals surface area (Å²) in [7, 11) is 0. The van der Waals surface area contributed by atoms with Crippen LogP contribution in [0.25, 0.3) is 98.4 Å². The van der Waals surface area contributed by atoms with Gasteiger partial charge in [-0.3, -0.25) is 0 Å². The van der Waals surface area contributed by atoms with Crippen molar-refractivity contribution in [3.63, 3.8) is 0 Å². The number of hydrogen-bond acceptors (Lipinski definition) is 2. The molecule has 15 rings (SSSR count). The summed E-state index contributed by atoms with van der Waals surface area (Å²) in [5.74, 6) is 0.836. The Kier molecular flexibility index (Phi) is 11.7. The highest BCUT2D eigenvalue weighted by molar-refractivity contribution is 6.32. The van der Waals surface area contributed by atoms with Crippen LogP contribution in [0.1, 0.15) is 103 Å². The molecule has 0 atom stereocenters. The molecule has 4 heteroatoms. The van der Waals surface area contributed by atoms with Crippen molar-refractivity contribution in [2.45, 2.75) is 91.9 Å². The Hall–Kier alpha value is -9.38. The summed E-state index contributed by atoms with van der Waals surface area (Å²) in [4.78, 5) is 5.05. The molecule has 0 N–H and O–H groups in total. The Balaban J connectivity index is 0.972. The van der Waals surface area contributed by atoms with Crippen LogP contribution in [0, 0.1) is 0 Å². The molecule has 0 spiro atoms. The van der Waals surface area contributed by atoms with Gasteiger partial charge in [0.1, 0.15) is 0 Å². The van der Waals surface area contributed by atoms with Crippen LogP contribution < -0.4 is 9.80 Å². The van der Waals surface area contributed by atoms with Crippen molar-refractivity contribution < 1.29 is 0 Å². The number of aromatic nitrogens is 2. The van der Waals surface area contributed by atoms with E-state index in [0.717, 1.165) is 34.1 Å². The zero-order chi connectivity index (χ0) is 57.5. The van der Waals surface area contributed by atoms with Crippen LogP contribution in [0.5, 0.6) is 0 Å². The topological polar surface area (TPSA) is 15.3 Å². The summed E-state index contributed by atoms with van der Waals surface area (Å²) in [6.07, 6.45) is 0. The van der Waals surface area contributed by atoms with Crippen LogP contribution in [-0.2, 0) is 10.8 Å². The molecule has 0 aliphatic rings. The highest BCUT2D eigenvalue weighted by Gasteiger charge is 2.30. The lowest BCUT2D eigenvalue weighted by molar-refractivity contribution is 0.590. The quantitative estimate of drug-likeness (QED) is 0.136. The molecule has 4 nitrogen and oxygen atoms in total. The smallest absolute Gasteiger partial charge is 0.0641 e. The molecule has 4 aromatic heterocycles. The van der Waals surface area contributed by atoms with Crippen LogP contribution in [0.4, 0.5) is 34.1 Å². The zero-order valence-corrected chi connectivity index (χ0v) is 49.9. The first-order chi connectivity index (χ1) is 40.6. The number of para-hydroxylation sites is 4. The van der Waals surface area contributed by atoms with E-state index in [1.807, 2.05) is 0 Å². The third kappa shape index (κ3) is 7.94. The van der Waals surface area contributed by atoms with Crippen LogP contribution in [0.2, 0.25) is 0 Å². The minimum absolute atomic E-state index is 0.0548. The summed E-state index contributed by atoms with van der Waals surface area (Å²) in [6.45, 7) is 22.8. The predicted molar refractivity (Wildman–Crippen MR) is 362 cm³/mol. The van der Waals surface area contributed by atoms with Crippen molar-refractivity contribution in [2.75, 3.05) is 9.80 Å². The Morgan fingerprint density at radius 3 is 1.04 bits per heavy atom.